The molecule has 0 fully saturated rings. The second kappa shape index (κ2) is 4.31. The first kappa shape index (κ1) is 9.98. The Morgan fingerprint density at radius 2 is 2.20 bits per heavy atom. The third kappa shape index (κ3) is 2.27. The Morgan fingerprint density at radius 1 is 1.40 bits per heavy atom. The molecule has 78 valence electrons. The van der Waals surface area contributed by atoms with E-state index in [0.717, 1.165) is 6.42 Å². The lowest BCUT2D eigenvalue weighted by Gasteiger charge is -2.00. The van der Waals surface area contributed by atoms with Crippen LogP contribution in [0.2, 0.25) is 0 Å². The zero-order valence-corrected chi connectivity index (χ0v) is 9.01. The summed E-state index contributed by atoms with van der Waals surface area (Å²) in [4.78, 5) is 10.5. The maximum atomic E-state index is 10.5. The summed E-state index contributed by atoms with van der Waals surface area (Å²) < 4.78 is 1.28. The molecule has 2 amide bonds. The topological polar surface area (TPSA) is 55.1 Å². The van der Waals surface area contributed by atoms with Gasteiger partial charge in [0.05, 0.1) is 0 Å². The number of rotatable bonds is 3. The van der Waals surface area contributed by atoms with Crippen molar-refractivity contribution in [1.82, 2.24) is 5.32 Å². The zero-order chi connectivity index (χ0) is 10.7. The van der Waals surface area contributed by atoms with E-state index in [4.69, 9.17) is 5.73 Å². The molecule has 0 spiro atoms. The van der Waals surface area contributed by atoms with Crippen LogP contribution in [-0.2, 0) is 6.42 Å². The molecule has 0 aliphatic carbocycles. The number of hydrogen-bond acceptors (Lipinski definition) is 2. The minimum absolute atomic E-state index is 0.463. The fourth-order valence-electron chi connectivity index (χ4n) is 1.55. The van der Waals surface area contributed by atoms with Gasteiger partial charge in [-0.05, 0) is 28.8 Å². The molecule has 0 bridgehead atoms. The number of nitrogens with two attached hydrogens (primary N) is 1. The lowest BCUT2D eigenvalue weighted by molar-refractivity contribution is 0.249. The number of primary amides is 1. The van der Waals surface area contributed by atoms with Gasteiger partial charge >= 0.3 is 6.03 Å². The normalized spacial score (nSPS) is 10.4. The van der Waals surface area contributed by atoms with Crippen molar-refractivity contribution in [3.8, 4) is 0 Å². The van der Waals surface area contributed by atoms with Gasteiger partial charge in [0.25, 0.3) is 0 Å². The highest BCUT2D eigenvalue weighted by molar-refractivity contribution is 7.17. The Balaban J connectivity index is 2.11. The van der Waals surface area contributed by atoms with Crippen molar-refractivity contribution in [2.45, 2.75) is 6.42 Å². The molecular weight excluding hydrogens is 208 g/mol. The molecule has 0 aliphatic rings. The standard InChI is InChI=1S/C11H12N2OS/c12-11(14)13-6-5-8-7-15-10-4-2-1-3-9(8)10/h1-4,7H,5-6H2,(H3,12,13,14). The van der Waals surface area contributed by atoms with Gasteiger partial charge in [-0.25, -0.2) is 4.79 Å². The van der Waals surface area contributed by atoms with E-state index >= 15 is 0 Å². The lowest BCUT2D eigenvalue weighted by Crippen LogP contribution is -2.30. The van der Waals surface area contributed by atoms with E-state index in [1.807, 2.05) is 12.1 Å². The van der Waals surface area contributed by atoms with E-state index in [2.05, 4.69) is 22.8 Å². The van der Waals surface area contributed by atoms with Crippen molar-refractivity contribution >= 4 is 27.5 Å². The maximum absolute atomic E-state index is 10.5. The van der Waals surface area contributed by atoms with Crippen molar-refractivity contribution in [3.05, 3.63) is 35.2 Å². The number of benzene rings is 1. The summed E-state index contributed by atoms with van der Waals surface area (Å²) in [6.07, 6.45) is 0.826. The van der Waals surface area contributed by atoms with Gasteiger partial charge < -0.3 is 11.1 Å². The van der Waals surface area contributed by atoms with Crippen molar-refractivity contribution < 1.29 is 4.79 Å². The molecule has 0 radical (unpaired) electrons. The Kier molecular flexibility index (Phi) is 2.87. The van der Waals surface area contributed by atoms with E-state index < -0.39 is 6.03 Å². The van der Waals surface area contributed by atoms with Crippen LogP contribution in [0.1, 0.15) is 5.56 Å². The van der Waals surface area contributed by atoms with Crippen molar-refractivity contribution in [1.29, 1.82) is 0 Å². The summed E-state index contributed by atoms with van der Waals surface area (Å²) in [6.45, 7) is 0.593. The van der Waals surface area contributed by atoms with Gasteiger partial charge in [0.2, 0.25) is 0 Å². The summed E-state index contributed by atoms with van der Waals surface area (Å²) in [5, 5.41) is 6.00. The van der Waals surface area contributed by atoms with E-state index in [9.17, 15) is 4.79 Å². The quantitative estimate of drug-likeness (QED) is 0.817. The molecular formula is C11H12N2OS. The van der Waals surface area contributed by atoms with E-state index in [-0.39, 0.29) is 0 Å². The van der Waals surface area contributed by atoms with Gasteiger partial charge in [-0.1, -0.05) is 18.2 Å². The van der Waals surface area contributed by atoms with E-state index in [1.54, 1.807) is 11.3 Å². The number of urea groups is 1. The highest BCUT2D eigenvalue weighted by Gasteiger charge is 2.02. The molecule has 1 aromatic heterocycles. The number of thiophene rings is 1. The minimum Gasteiger partial charge on any atom is -0.352 e. The summed E-state index contributed by atoms with van der Waals surface area (Å²) in [7, 11) is 0. The molecule has 0 aliphatic heterocycles. The molecule has 3 nitrogen and oxygen atoms in total. The molecule has 1 heterocycles. The van der Waals surface area contributed by atoms with Crippen LogP contribution in [0.15, 0.2) is 29.6 Å². The second-order valence-electron chi connectivity index (χ2n) is 3.30. The smallest absolute Gasteiger partial charge is 0.312 e. The summed E-state index contributed by atoms with van der Waals surface area (Å²) in [6, 6.07) is 7.80. The number of fused-ring (bicyclic) bond motifs is 1. The fourth-order valence-corrected chi connectivity index (χ4v) is 2.54. The highest BCUT2D eigenvalue weighted by Crippen LogP contribution is 2.25. The third-order valence-corrected chi connectivity index (χ3v) is 3.27. The van der Waals surface area contributed by atoms with Crippen molar-refractivity contribution in [2.24, 2.45) is 5.73 Å². The van der Waals surface area contributed by atoms with Crippen LogP contribution in [0.5, 0.6) is 0 Å². The van der Waals surface area contributed by atoms with Crippen molar-refractivity contribution in [2.75, 3.05) is 6.54 Å². The predicted octanol–water partition coefficient (Wildman–Crippen LogP) is 2.11. The predicted molar refractivity (Wildman–Crippen MR) is 63.1 cm³/mol. The molecule has 1 aromatic carbocycles. The van der Waals surface area contributed by atoms with Crippen LogP contribution in [0.4, 0.5) is 4.79 Å². The summed E-state index contributed by atoms with van der Waals surface area (Å²) >= 11 is 1.73. The van der Waals surface area contributed by atoms with E-state index in [1.165, 1.54) is 15.6 Å². The molecule has 0 saturated carbocycles. The Hall–Kier alpha value is -1.55. The van der Waals surface area contributed by atoms with Gasteiger partial charge in [-0.15, -0.1) is 11.3 Å². The van der Waals surface area contributed by atoms with Crippen LogP contribution in [0.3, 0.4) is 0 Å². The molecule has 4 heteroatoms. The fraction of sp³-hybridized carbons (Fsp3) is 0.182. The number of hydrogen-bond donors (Lipinski definition) is 2. The largest absolute Gasteiger partial charge is 0.352 e. The Morgan fingerprint density at radius 3 is 3.00 bits per heavy atom. The summed E-state index contributed by atoms with van der Waals surface area (Å²) in [5.74, 6) is 0. The first-order valence-corrected chi connectivity index (χ1v) is 5.64. The Bertz CT molecular complexity index is 478. The second-order valence-corrected chi connectivity index (χ2v) is 4.21. The van der Waals surface area contributed by atoms with Crippen LogP contribution < -0.4 is 11.1 Å². The van der Waals surface area contributed by atoms with Crippen LogP contribution in [0, 0.1) is 0 Å². The average Bonchev–Trinajstić information content (AvgIpc) is 2.62. The molecule has 2 aromatic rings. The van der Waals surface area contributed by atoms with Gasteiger partial charge in [-0.2, -0.15) is 0 Å². The van der Waals surface area contributed by atoms with Crippen LogP contribution >= 0.6 is 11.3 Å². The molecule has 0 atom stereocenters. The lowest BCUT2D eigenvalue weighted by atomic mass is 10.1. The first-order valence-electron chi connectivity index (χ1n) is 4.76. The maximum Gasteiger partial charge on any atom is 0.312 e. The molecule has 2 rings (SSSR count). The number of nitrogens with one attached hydrogen (secondary N) is 1. The summed E-state index contributed by atoms with van der Waals surface area (Å²) in [5.41, 5.74) is 6.27. The van der Waals surface area contributed by atoms with Crippen molar-refractivity contribution in [3.63, 3.8) is 0 Å². The minimum atomic E-state index is -0.463. The monoisotopic (exact) mass is 220 g/mol. The molecule has 15 heavy (non-hydrogen) atoms. The number of carbonyl (C=O) groups is 1. The van der Waals surface area contributed by atoms with Gasteiger partial charge in [0, 0.05) is 11.2 Å². The Labute approximate surface area is 91.9 Å². The third-order valence-electron chi connectivity index (χ3n) is 2.25. The first-order chi connectivity index (χ1) is 7.27. The number of amides is 2. The number of carbonyl (C=O) groups excluding carboxylic acids is 1. The zero-order valence-electron chi connectivity index (χ0n) is 8.19. The van der Waals surface area contributed by atoms with E-state index in [0.29, 0.717) is 6.54 Å². The SMILES string of the molecule is NC(=O)NCCc1csc2ccccc12. The molecule has 3 N–H and O–H groups in total. The highest BCUT2D eigenvalue weighted by atomic mass is 32.1. The van der Waals surface area contributed by atoms with Gasteiger partial charge in [0.1, 0.15) is 0 Å². The van der Waals surface area contributed by atoms with Crippen LogP contribution in [-0.4, -0.2) is 12.6 Å². The molecule has 0 saturated heterocycles. The van der Waals surface area contributed by atoms with Gasteiger partial charge in [-0.3, -0.25) is 0 Å². The van der Waals surface area contributed by atoms with Crippen LogP contribution in [0.25, 0.3) is 10.1 Å². The average molecular weight is 220 g/mol. The van der Waals surface area contributed by atoms with Gasteiger partial charge in [0.15, 0.2) is 0 Å². The molecule has 0 unspecified atom stereocenters.